The first kappa shape index (κ1) is 24.7. The topological polar surface area (TPSA) is 104 Å². The number of hydrogen-bond acceptors (Lipinski definition) is 5. The number of amides is 2. The molecule has 2 atom stereocenters. The van der Waals surface area contributed by atoms with Gasteiger partial charge in [0, 0.05) is 41.8 Å². The Labute approximate surface area is 220 Å². The van der Waals surface area contributed by atoms with Crippen LogP contribution < -0.4 is 25.4 Å². The number of aromatic amines is 1. The number of carbonyl (C=O) groups excluding carboxylic acids is 2. The van der Waals surface area contributed by atoms with Gasteiger partial charge in [-0.1, -0.05) is 42.5 Å². The van der Waals surface area contributed by atoms with Crippen molar-refractivity contribution in [2.75, 3.05) is 12.1 Å². The third-order valence-electron chi connectivity index (χ3n) is 6.77. The summed E-state index contributed by atoms with van der Waals surface area (Å²) in [7, 11) is 0. The number of fused-ring (bicyclic) bond motifs is 3. The van der Waals surface area contributed by atoms with Crippen molar-refractivity contribution in [3.63, 3.8) is 0 Å². The quantitative estimate of drug-likeness (QED) is 0.311. The maximum atomic E-state index is 13.5. The van der Waals surface area contributed by atoms with Crippen molar-refractivity contribution in [1.29, 1.82) is 0 Å². The van der Waals surface area contributed by atoms with E-state index in [9.17, 15) is 9.59 Å². The Balaban J connectivity index is 0.00000280. The number of para-hydroxylation sites is 1. The van der Waals surface area contributed by atoms with Gasteiger partial charge in [0.25, 0.3) is 0 Å². The lowest BCUT2D eigenvalue weighted by Gasteiger charge is -2.27. The minimum Gasteiger partial charge on any atom is -0.454 e. The number of H-pyrrole nitrogens is 1. The molecule has 6 rings (SSSR count). The van der Waals surface area contributed by atoms with Crippen LogP contribution in [-0.4, -0.2) is 35.7 Å². The standard InChI is InChI=1S/C28H26N4O4.ClH/c33-27(23-11-17-5-1-2-6-18(17)14-30-23)32-24(12-19-15-29-22-8-4-3-7-21(19)22)28(34)31-20-9-10-25-26(13-20)36-16-35-25;/h1-10,13,15,23-24,29-30H,11-12,14,16H2,(H,31,34)(H,32,33);1H/t23-,24-;/m0./s1. The fraction of sp³-hybridized carbons (Fsp3) is 0.214. The third kappa shape index (κ3) is 5.12. The predicted octanol–water partition coefficient (Wildman–Crippen LogP) is 3.70. The molecule has 0 bridgehead atoms. The van der Waals surface area contributed by atoms with Crippen molar-refractivity contribution in [3.8, 4) is 11.5 Å². The monoisotopic (exact) mass is 518 g/mol. The molecule has 2 amide bonds. The highest BCUT2D eigenvalue weighted by Gasteiger charge is 2.29. The number of ether oxygens (including phenoxy) is 2. The van der Waals surface area contributed by atoms with E-state index < -0.39 is 12.1 Å². The van der Waals surface area contributed by atoms with Crippen molar-refractivity contribution in [2.24, 2.45) is 0 Å². The number of benzene rings is 3. The molecule has 37 heavy (non-hydrogen) atoms. The molecule has 0 unspecified atom stereocenters. The summed E-state index contributed by atoms with van der Waals surface area (Å²) in [5.74, 6) is 0.717. The normalized spacial score (nSPS) is 16.4. The van der Waals surface area contributed by atoms with E-state index in [1.807, 2.05) is 48.7 Å². The van der Waals surface area contributed by atoms with E-state index in [2.05, 4.69) is 27.0 Å². The number of halogens is 1. The van der Waals surface area contributed by atoms with E-state index in [1.165, 1.54) is 5.56 Å². The van der Waals surface area contributed by atoms with Crippen LogP contribution in [-0.2, 0) is 29.0 Å². The number of anilines is 1. The highest BCUT2D eigenvalue weighted by atomic mass is 35.5. The Kier molecular flexibility index (Phi) is 7.03. The molecule has 0 saturated heterocycles. The number of aromatic nitrogens is 1. The molecule has 4 aromatic rings. The van der Waals surface area contributed by atoms with Gasteiger partial charge in [0.1, 0.15) is 6.04 Å². The highest BCUT2D eigenvalue weighted by Crippen LogP contribution is 2.34. The van der Waals surface area contributed by atoms with Crippen LogP contribution in [0.15, 0.2) is 72.9 Å². The van der Waals surface area contributed by atoms with Gasteiger partial charge in [-0.25, -0.2) is 0 Å². The SMILES string of the molecule is Cl.O=C(N[C@@H](Cc1c[nH]c2ccccc12)C(=O)Nc1ccc2c(c1)OCO2)[C@@H]1Cc2ccccc2CN1. The van der Waals surface area contributed by atoms with Gasteiger partial charge >= 0.3 is 0 Å². The molecule has 0 saturated carbocycles. The largest absolute Gasteiger partial charge is 0.454 e. The summed E-state index contributed by atoms with van der Waals surface area (Å²) in [5, 5.41) is 10.3. The number of nitrogens with one attached hydrogen (secondary N) is 4. The molecular formula is C28H27ClN4O4. The molecule has 8 nitrogen and oxygen atoms in total. The maximum absolute atomic E-state index is 13.5. The second-order valence-electron chi connectivity index (χ2n) is 9.09. The van der Waals surface area contributed by atoms with Gasteiger partial charge in [-0.15, -0.1) is 12.4 Å². The molecule has 190 valence electrons. The summed E-state index contributed by atoms with van der Waals surface area (Å²) in [4.78, 5) is 30.0. The molecule has 0 aliphatic carbocycles. The first-order valence-electron chi connectivity index (χ1n) is 12.0. The van der Waals surface area contributed by atoms with E-state index in [-0.39, 0.29) is 31.0 Å². The van der Waals surface area contributed by atoms with Crippen LogP contribution in [0.5, 0.6) is 11.5 Å². The van der Waals surface area contributed by atoms with Gasteiger partial charge < -0.3 is 30.4 Å². The van der Waals surface area contributed by atoms with Gasteiger partial charge in [-0.2, -0.15) is 0 Å². The average Bonchev–Trinajstić information content (AvgIpc) is 3.54. The Bertz CT molecular complexity index is 1450. The van der Waals surface area contributed by atoms with Crippen LogP contribution >= 0.6 is 12.4 Å². The smallest absolute Gasteiger partial charge is 0.247 e. The van der Waals surface area contributed by atoms with Gasteiger partial charge in [0.15, 0.2) is 11.5 Å². The Hall–Kier alpha value is -4.01. The van der Waals surface area contributed by atoms with Gasteiger partial charge in [0.05, 0.1) is 6.04 Å². The summed E-state index contributed by atoms with van der Waals surface area (Å²) in [6, 6.07) is 20.1. The van der Waals surface area contributed by atoms with Crippen molar-refractivity contribution in [3.05, 3.63) is 89.6 Å². The summed E-state index contributed by atoms with van der Waals surface area (Å²) < 4.78 is 10.8. The van der Waals surface area contributed by atoms with Crippen LogP contribution in [0.1, 0.15) is 16.7 Å². The third-order valence-corrected chi connectivity index (χ3v) is 6.77. The summed E-state index contributed by atoms with van der Waals surface area (Å²) in [6.45, 7) is 0.772. The predicted molar refractivity (Wildman–Crippen MR) is 143 cm³/mol. The zero-order valence-corrected chi connectivity index (χ0v) is 20.8. The van der Waals surface area contributed by atoms with Crippen LogP contribution in [0.2, 0.25) is 0 Å². The molecule has 2 aliphatic heterocycles. The lowest BCUT2D eigenvalue weighted by molar-refractivity contribution is -0.128. The van der Waals surface area contributed by atoms with E-state index in [0.29, 0.717) is 36.6 Å². The first-order chi connectivity index (χ1) is 17.6. The molecule has 9 heteroatoms. The Morgan fingerprint density at radius 1 is 0.973 bits per heavy atom. The van der Waals surface area contributed by atoms with Crippen molar-refractivity contribution >= 4 is 40.8 Å². The average molecular weight is 519 g/mol. The fourth-order valence-electron chi connectivity index (χ4n) is 4.85. The maximum Gasteiger partial charge on any atom is 0.247 e. The van der Waals surface area contributed by atoms with E-state index >= 15 is 0 Å². The molecule has 0 fully saturated rings. The first-order valence-corrected chi connectivity index (χ1v) is 12.0. The number of carbonyl (C=O) groups is 2. The second kappa shape index (κ2) is 10.5. The van der Waals surface area contributed by atoms with Gasteiger partial charge in [-0.3, -0.25) is 9.59 Å². The van der Waals surface area contributed by atoms with Crippen LogP contribution in [0.3, 0.4) is 0 Å². The van der Waals surface area contributed by atoms with Gasteiger partial charge in [0.2, 0.25) is 18.6 Å². The second-order valence-corrected chi connectivity index (χ2v) is 9.09. The summed E-state index contributed by atoms with van der Waals surface area (Å²) in [6.07, 6.45) is 2.81. The van der Waals surface area contributed by atoms with Crippen molar-refractivity contribution in [2.45, 2.75) is 31.5 Å². The van der Waals surface area contributed by atoms with Gasteiger partial charge in [-0.05, 0) is 41.3 Å². The highest BCUT2D eigenvalue weighted by molar-refractivity contribution is 5.99. The molecule has 0 spiro atoms. The van der Waals surface area contributed by atoms with Crippen molar-refractivity contribution in [1.82, 2.24) is 15.6 Å². The van der Waals surface area contributed by atoms with Crippen LogP contribution in [0.25, 0.3) is 10.9 Å². The zero-order chi connectivity index (χ0) is 24.5. The molecule has 3 aromatic carbocycles. The molecule has 3 heterocycles. The van der Waals surface area contributed by atoms with Crippen LogP contribution in [0.4, 0.5) is 5.69 Å². The Morgan fingerprint density at radius 2 is 1.76 bits per heavy atom. The summed E-state index contributed by atoms with van der Waals surface area (Å²) >= 11 is 0. The van der Waals surface area contributed by atoms with Crippen molar-refractivity contribution < 1.29 is 19.1 Å². The fourth-order valence-corrected chi connectivity index (χ4v) is 4.85. The Morgan fingerprint density at radius 3 is 2.65 bits per heavy atom. The summed E-state index contributed by atoms with van der Waals surface area (Å²) in [5.41, 5.74) is 4.86. The lowest BCUT2D eigenvalue weighted by atomic mass is 9.95. The molecule has 0 radical (unpaired) electrons. The molecule has 1 aromatic heterocycles. The minimum atomic E-state index is -0.777. The van der Waals surface area contributed by atoms with E-state index in [4.69, 9.17) is 9.47 Å². The van der Waals surface area contributed by atoms with E-state index in [0.717, 1.165) is 22.0 Å². The van der Waals surface area contributed by atoms with E-state index in [1.54, 1.807) is 18.2 Å². The molecule has 2 aliphatic rings. The zero-order valence-electron chi connectivity index (χ0n) is 20.0. The minimum absolute atomic E-state index is 0. The number of hydrogen-bond donors (Lipinski definition) is 4. The van der Waals surface area contributed by atoms with Crippen LogP contribution in [0, 0.1) is 0 Å². The molecule has 4 N–H and O–H groups in total. The molecular weight excluding hydrogens is 492 g/mol. The lowest BCUT2D eigenvalue weighted by Crippen LogP contribution is -2.53. The number of rotatable bonds is 6.